The van der Waals surface area contributed by atoms with Crippen molar-refractivity contribution in [2.45, 2.75) is 78.2 Å². The zero-order valence-electron chi connectivity index (χ0n) is 23.9. The van der Waals surface area contributed by atoms with E-state index in [0.29, 0.717) is 17.9 Å². The largest absolute Gasteiger partial charge is 0.422 e. The Hall–Kier alpha value is -1.54. The molecule has 4 aliphatic carbocycles. The summed E-state index contributed by atoms with van der Waals surface area (Å²) in [5.41, 5.74) is 6.79. The van der Waals surface area contributed by atoms with Crippen LogP contribution >= 0.6 is 0 Å². The van der Waals surface area contributed by atoms with Crippen LogP contribution in [-0.4, -0.2) is 15.9 Å². The summed E-state index contributed by atoms with van der Waals surface area (Å²) in [5, 5.41) is 0. The van der Waals surface area contributed by atoms with Crippen molar-refractivity contribution < 1.29 is 27.7 Å². The molecule has 1 nitrogen and oxygen atoms in total. The summed E-state index contributed by atoms with van der Waals surface area (Å²) < 4.78 is 6.99. The van der Waals surface area contributed by atoms with Crippen molar-refractivity contribution in [3.63, 3.8) is 0 Å². The molecule has 0 saturated heterocycles. The second-order valence-corrected chi connectivity index (χ2v) is 15.8. The van der Waals surface area contributed by atoms with Gasteiger partial charge in [-0.2, -0.15) is 0 Å². The Morgan fingerprint density at radius 3 is 1.66 bits per heavy atom. The molecule has 0 amide bonds. The fourth-order valence-corrected chi connectivity index (χ4v) is 13.7. The summed E-state index contributed by atoms with van der Waals surface area (Å²) in [6.07, 6.45) is 21.4. The van der Waals surface area contributed by atoms with Crippen LogP contribution in [0.5, 0.6) is 0 Å². The minimum atomic E-state index is -0.610. The first-order valence-electron chi connectivity index (χ1n) is 14.7. The van der Waals surface area contributed by atoms with E-state index >= 15 is 0 Å². The van der Waals surface area contributed by atoms with Crippen molar-refractivity contribution in [2.75, 3.05) is 0 Å². The van der Waals surface area contributed by atoms with E-state index in [1.54, 1.807) is 28.3 Å². The number of fused-ring (bicyclic) bond motifs is 6. The van der Waals surface area contributed by atoms with E-state index in [-0.39, 0.29) is 9.76 Å². The Kier molecular flexibility index (Phi) is 11.4. The molecule has 6 rings (SSSR count). The number of benzene rings is 2. The fraction of sp³-hybridized carbons (Fsp3) is 0.429. The standard InChI is InChI=1S/2C13H13.C5H8.C4H12OSi.Zr/c2*1-3-7-12-10(5-1)9-11-6-2-4-8-13(11)12;1-3-5-4-2;1-4(2)5-6-3;/h2*1,3-5,7-9,11,13H,2,6H2;3-5H,1H2,2H3;4H,6H2,1-3H3;. The SMILES string of the molecule is C1=CC2c3ccccc3[CH]([Zr][CH]3c4ccccc4C4C=CCCC43)C2CC1.C=CC=CC.C[SiH2]OC(C)C. The molecule has 2 aromatic rings. The third kappa shape index (κ3) is 6.78. The average molecular weight is 602 g/mol. The van der Waals surface area contributed by atoms with Gasteiger partial charge < -0.3 is 4.43 Å². The molecule has 0 saturated carbocycles. The van der Waals surface area contributed by atoms with Crippen LogP contribution in [0.2, 0.25) is 6.55 Å². The van der Waals surface area contributed by atoms with E-state index < -0.39 is 23.2 Å². The smallest absolute Gasteiger partial charge is 0.158 e. The molecule has 4 aliphatic rings. The normalized spacial score (nSPS) is 28.1. The molecule has 38 heavy (non-hydrogen) atoms. The van der Waals surface area contributed by atoms with Crippen LogP contribution in [-0.2, 0) is 27.7 Å². The van der Waals surface area contributed by atoms with E-state index in [0.717, 1.165) is 19.1 Å². The quantitative estimate of drug-likeness (QED) is 0.189. The van der Waals surface area contributed by atoms with Crippen LogP contribution < -0.4 is 0 Å². The molecule has 0 heterocycles. The Labute approximate surface area is 246 Å². The molecule has 3 heteroatoms. The number of hydrogen-bond acceptors (Lipinski definition) is 1. The maximum Gasteiger partial charge on any atom is 0.158 e. The summed E-state index contributed by atoms with van der Waals surface area (Å²) >= 11 is -0.610. The number of hydrogen-bond donors (Lipinski definition) is 0. The predicted octanol–water partition coefficient (Wildman–Crippen LogP) is 8.97. The Balaban J connectivity index is 0.000000261. The van der Waals surface area contributed by atoms with Crippen LogP contribution in [0.15, 0.2) is 97.6 Å². The molecule has 0 fully saturated rings. The van der Waals surface area contributed by atoms with Crippen molar-refractivity contribution in [2.24, 2.45) is 11.8 Å². The molecule has 0 spiro atoms. The van der Waals surface area contributed by atoms with Gasteiger partial charge in [-0.15, -0.1) is 0 Å². The maximum atomic E-state index is 5.18. The third-order valence-electron chi connectivity index (χ3n) is 8.37. The molecule has 200 valence electrons. The first-order valence-corrected chi connectivity index (χ1v) is 19.6. The minimum absolute atomic E-state index is 0.133. The zero-order valence-corrected chi connectivity index (χ0v) is 27.7. The maximum absolute atomic E-state index is 5.18. The second kappa shape index (κ2) is 14.7. The van der Waals surface area contributed by atoms with Gasteiger partial charge in [-0.25, -0.2) is 0 Å². The van der Waals surface area contributed by atoms with Crippen LogP contribution in [0, 0.1) is 11.8 Å². The van der Waals surface area contributed by atoms with Crippen LogP contribution in [0.25, 0.3) is 0 Å². The summed E-state index contributed by atoms with van der Waals surface area (Å²) in [6, 6.07) is 18.9. The molecule has 6 atom stereocenters. The van der Waals surface area contributed by atoms with Gasteiger partial charge >= 0.3 is 175 Å². The first kappa shape index (κ1) is 29.4. The molecule has 0 aromatic heterocycles. The summed E-state index contributed by atoms with van der Waals surface area (Å²) in [7, 11) is -0.133. The minimum Gasteiger partial charge on any atom is -0.422 e. The van der Waals surface area contributed by atoms with Crippen molar-refractivity contribution in [1.82, 2.24) is 0 Å². The van der Waals surface area contributed by atoms with Crippen molar-refractivity contribution in [1.29, 1.82) is 0 Å². The van der Waals surface area contributed by atoms with Crippen molar-refractivity contribution in [3.05, 3.63) is 120 Å². The molecule has 2 aromatic carbocycles. The molecule has 0 aliphatic heterocycles. The average Bonchev–Trinajstić information content (AvgIpc) is 3.43. The fourth-order valence-electron chi connectivity index (χ4n) is 6.87. The number of rotatable bonds is 5. The predicted molar refractivity (Wildman–Crippen MR) is 163 cm³/mol. The monoisotopic (exact) mass is 600 g/mol. The van der Waals surface area contributed by atoms with Gasteiger partial charge in [-0.3, -0.25) is 0 Å². The van der Waals surface area contributed by atoms with Crippen LogP contribution in [0.3, 0.4) is 0 Å². The zero-order chi connectivity index (χ0) is 26.9. The molecule has 0 bridgehead atoms. The van der Waals surface area contributed by atoms with Crippen LogP contribution in [0.1, 0.15) is 87.8 Å². The molecule has 0 N–H and O–H groups in total. The number of allylic oxidation sites excluding steroid dienone is 7. The topological polar surface area (TPSA) is 9.23 Å². The summed E-state index contributed by atoms with van der Waals surface area (Å²) in [5.74, 6) is 3.20. The first-order chi connectivity index (χ1) is 18.6. The summed E-state index contributed by atoms with van der Waals surface area (Å²) in [6.45, 7) is 11.7. The van der Waals surface area contributed by atoms with Gasteiger partial charge in [0.1, 0.15) is 0 Å². The van der Waals surface area contributed by atoms with Gasteiger partial charge in [0.2, 0.25) is 0 Å². The van der Waals surface area contributed by atoms with E-state index in [1.165, 1.54) is 25.7 Å². The van der Waals surface area contributed by atoms with E-state index in [1.807, 2.05) is 19.1 Å². The van der Waals surface area contributed by atoms with E-state index in [4.69, 9.17) is 4.43 Å². The third-order valence-corrected chi connectivity index (χ3v) is 14.8. The van der Waals surface area contributed by atoms with Crippen molar-refractivity contribution >= 4 is 9.76 Å². The Morgan fingerprint density at radius 1 is 0.842 bits per heavy atom. The molecule has 6 unspecified atom stereocenters. The van der Waals surface area contributed by atoms with Crippen LogP contribution in [0.4, 0.5) is 0 Å². The van der Waals surface area contributed by atoms with Gasteiger partial charge in [0, 0.05) is 6.10 Å². The van der Waals surface area contributed by atoms with E-state index in [2.05, 4.69) is 99.8 Å². The second-order valence-electron chi connectivity index (χ2n) is 11.0. The van der Waals surface area contributed by atoms with Gasteiger partial charge in [-0.1, -0.05) is 31.4 Å². The van der Waals surface area contributed by atoms with Gasteiger partial charge in [-0.05, 0) is 20.8 Å². The van der Waals surface area contributed by atoms with Crippen molar-refractivity contribution in [3.8, 4) is 0 Å². The van der Waals surface area contributed by atoms with Gasteiger partial charge in [0.05, 0.1) is 0 Å². The molecular formula is C35H46OSiZr. The Morgan fingerprint density at radius 2 is 1.32 bits per heavy atom. The molecular weight excluding hydrogens is 556 g/mol. The Bertz CT molecular complexity index is 1060. The molecule has 0 radical (unpaired) electrons. The summed E-state index contributed by atoms with van der Waals surface area (Å²) in [4.78, 5) is 0. The van der Waals surface area contributed by atoms with E-state index in [9.17, 15) is 0 Å². The van der Waals surface area contributed by atoms with Gasteiger partial charge in [0.15, 0.2) is 9.76 Å². The van der Waals surface area contributed by atoms with Gasteiger partial charge in [0.25, 0.3) is 0 Å².